The monoisotopic (exact) mass is 378 g/mol. The Bertz CT molecular complexity index is 1010. The molecule has 138 valence electrons. The summed E-state index contributed by atoms with van der Waals surface area (Å²) in [4.78, 5) is 27.5. The van der Waals surface area contributed by atoms with Crippen molar-refractivity contribution in [2.24, 2.45) is 0 Å². The van der Waals surface area contributed by atoms with E-state index in [9.17, 15) is 9.59 Å². The Labute approximate surface area is 163 Å². The molecule has 1 N–H and O–H groups in total. The zero-order valence-corrected chi connectivity index (χ0v) is 16.5. The predicted molar refractivity (Wildman–Crippen MR) is 112 cm³/mol. The van der Waals surface area contributed by atoms with Crippen molar-refractivity contribution in [3.63, 3.8) is 0 Å². The number of hydrogen-bond donors (Lipinski definition) is 1. The van der Waals surface area contributed by atoms with Crippen molar-refractivity contribution in [1.82, 2.24) is 4.90 Å². The van der Waals surface area contributed by atoms with Gasteiger partial charge in [-0.05, 0) is 34.7 Å². The Kier molecular flexibility index (Phi) is 5.72. The lowest BCUT2D eigenvalue weighted by molar-refractivity contribution is -0.115. The lowest BCUT2D eigenvalue weighted by Gasteiger charge is -2.12. The summed E-state index contributed by atoms with van der Waals surface area (Å²) in [7, 11) is 3.78. The smallest absolute Gasteiger partial charge is 0.228 e. The maximum Gasteiger partial charge on any atom is 0.228 e. The molecule has 1 aromatic heterocycles. The van der Waals surface area contributed by atoms with Gasteiger partial charge in [-0.15, -0.1) is 11.3 Å². The van der Waals surface area contributed by atoms with Gasteiger partial charge in [0.2, 0.25) is 5.91 Å². The van der Waals surface area contributed by atoms with E-state index in [2.05, 4.69) is 5.32 Å². The molecule has 0 aliphatic rings. The molecule has 5 heteroatoms. The van der Waals surface area contributed by atoms with Crippen molar-refractivity contribution >= 4 is 39.5 Å². The fraction of sp³-hybridized carbons (Fsp3) is 0.182. The standard InChI is InChI=1S/C22H22N2O2S/c1-15(24(2)3)13-20(25)22-19(11-12-27-22)23-21(26)14-17-9-6-8-16-7-4-5-10-18(16)17/h4-13H,14H2,1-3H3,(H,23,26)/b15-13+. The van der Waals surface area contributed by atoms with E-state index in [0.29, 0.717) is 10.6 Å². The fourth-order valence-corrected chi connectivity index (χ4v) is 3.56. The SMILES string of the molecule is C/C(=C\C(=O)c1sccc1NC(=O)Cc1cccc2ccccc12)N(C)C. The molecule has 0 unspecified atom stereocenters. The molecule has 0 saturated heterocycles. The largest absolute Gasteiger partial charge is 0.381 e. The van der Waals surface area contributed by atoms with Crippen molar-refractivity contribution in [2.75, 3.05) is 19.4 Å². The molecule has 27 heavy (non-hydrogen) atoms. The van der Waals surface area contributed by atoms with Gasteiger partial charge in [0, 0.05) is 25.9 Å². The van der Waals surface area contributed by atoms with E-state index in [-0.39, 0.29) is 18.1 Å². The number of fused-ring (bicyclic) bond motifs is 1. The number of carbonyl (C=O) groups excluding carboxylic acids is 2. The van der Waals surface area contributed by atoms with Crippen molar-refractivity contribution in [3.05, 3.63) is 76.1 Å². The van der Waals surface area contributed by atoms with Crippen LogP contribution in [0, 0.1) is 0 Å². The first kappa shape index (κ1) is 18.9. The minimum atomic E-state index is -0.132. The molecule has 0 bridgehead atoms. The Morgan fingerprint density at radius 2 is 1.81 bits per heavy atom. The molecule has 2 aromatic carbocycles. The van der Waals surface area contributed by atoms with Gasteiger partial charge >= 0.3 is 0 Å². The minimum Gasteiger partial charge on any atom is -0.381 e. The molecule has 3 aromatic rings. The maximum absolute atomic E-state index is 12.6. The second-order valence-corrected chi connectivity index (χ2v) is 7.49. The molecular weight excluding hydrogens is 356 g/mol. The number of thiophene rings is 1. The predicted octanol–water partition coefficient (Wildman–Crippen LogP) is 4.73. The van der Waals surface area contributed by atoms with Crippen LogP contribution in [-0.2, 0) is 11.2 Å². The zero-order chi connectivity index (χ0) is 19.4. The van der Waals surface area contributed by atoms with E-state index >= 15 is 0 Å². The second kappa shape index (κ2) is 8.18. The number of benzene rings is 2. The van der Waals surface area contributed by atoms with Crippen LogP contribution in [-0.4, -0.2) is 30.7 Å². The van der Waals surface area contributed by atoms with Crippen LogP contribution in [0.5, 0.6) is 0 Å². The van der Waals surface area contributed by atoms with E-state index in [1.54, 1.807) is 12.1 Å². The number of nitrogens with zero attached hydrogens (tertiary/aromatic N) is 1. The van der Waals surface area contributed by atoms with Crippen LogP contribution in [0.3, 0.4) is 0 Å². The lowest BCUT2D eigenvalue weighted by Crippen LogP contribution is -2.16. The average Bonchev–Trinajstić information content (AvgIpc) is 3.10. The first-order chi connectivity index (χ1) is 13.0. The van der Waals surface area contributed by atoms with Gasteiger partial charge in [-0.1, -0.05) is 42.5 Å². The van der Waals surface area contributed by atoms with E-state index in [1.165, 1.54) is 11.3 Å². The third-order valence-electron chi connectivity index (χ3n) is 4.44. The summed E-state index contributed by atoms with van der Waals surface area (Å²) in [6.07, 6.45) is 1.85. The second-order valence-electron chi connectivity index (χ2n) is 6.57. The van der Waals surface area contributed by atoms with E-state index in [0.717, 1.165) is 22.0 Å². The normalized spacial score (nSPS) is 11.4. The Morgan fingerprint density at radius 1 is 1.07 bits per heavy atom. The summed E-state index contributed by atoms with van der Waals surface area (Å²) >= 11 is 1.33. The number of carbonyl (C=O) groups is 2. The third-order valence-corrected chi connectivity index (χ3v) is 5.37. The van der Waals surface area contributed by atoms with Gasteiger partial charge in [0.05, 0.1) is 17.0 Å². The molecule has 0 spiro atoms. The molecule has 1 amide bonds. The van der Waals surface area contributed by atoms with Gasteiger partial charge in [0.1, 0.15) is 0 Å². The average molecular weight is 378 g/mol. The Morgan fingerprint density at radius 3 is 2.59 bits per heavy atom. The molecule has 0 fully saturated rings. The van der Waals surface area contributed by atoms with Gasteiger partial charge < -0.3 is 10.2 Å². The maximum atomic E-state index is 12.6. The van der Waals surface area contributed by atoms with Gasteiger partial charge in [-0.25, -0.2) is 0 Å². The molecule has 0 aliphatic carbocycles. The Balaban J connectivity index is 1.77. The quantitative estimate of drug-likeness (QED) is 0.498. The van der Waals surface area contributed by atoms with Gasteiger partial charge in [-0.2, -0.15) is 0 Å². The molecule has 3 rings (SSSR count). The summed E-state index contributed by atoms with van der Waals surface area (Å²) in [6.45, 7) is 1.88. The summed E-state index contributed by atoms with van der Waals surface area (Å²) in [5.74, 6) is -0.233. The van der Waals surface area contributed by atoms with Gasteiger partial charge in [-0.3, -0.25) is 9.59 Å². The lowest BCUT2D eigenvalue weighted by atomic mass is 10.0. The molecule has 0 radical (unpaired) electrons. The highest BCUT2D eigenvalue weighted by Gasteiger charge is 2.15. The topological polar surface area (TPSA) is 49.4 Å². The highest BCUT2D eigenvalue weighted by Crippen LogP contribution is 2.25. The minimum absolute atomic E-state index is 0.100. The Hall–Kier alpha value is -2.92. The van der Waals surface area contributed by atoms with Gasteiger partial charge in [0.15, 0.2) is 5.78 Å². The number of nitrogens with one attached hydrogen (secondary N) is 1. The summed E-state index contributed by atoms with van der Waals surface area (Å²) in [5, 5.41) is 6.89. The third kappa shape index (κ3) is 4.44. The number of anilines is 1. The molecule has 0 atom stereocenters. The van der Waals surface area contributed by atoms with E-state index in [4.69, 9.17) is 0 Å². The fourth-order valence-electron chi connectivity index (χ4n) is 2.80. The van der Waals surface area contributed by atoms with Crippen LogP contribution in [0.4, 0.5) is 5.69 Å². The molecule has 0 aliphatic heterocycles. The van der Waals surface area contributed by atoms with Gasteiger partial charge in [0.25, 0.3) is 0 Å². The van der Waals surface area contributed by atoms with Crippen molar-refractivity contribution in [1.29, 1.82) is 0 Å². The van der Waals surface area contributed by atoms with E-state index < -0.39 is 0 Å². The first-order valence-electron chi connectivity index (χ1n) is 8.69. The highest BCUT2D eigenvalue weighted by molar-refractivity contribution is 7.12. The van der Waals surface area contributed by atoms with Crippen molar-refractivity contribution in [2.45, 2.75) is 13.3 Å². The number of amides is 1. The van der Waals surface area contributed by atoms with Crippen LogP contribution in [0.25, 0.3) is 10.8 Å². The van der Waals surface area contributed by atoms with Crippen LogP contribution < -0.4 is 5.32 Å². The zero-order valence-electron chi connectivity index (χ0n) is 15.7. The van der Waals surface area contributed by atoms with Crippen LogP contribution in [0.2, 0.25) is 0 Å². The molecule has 1 heterocycles. The molecule has 4 nitrogen and oxygen atoms in total. The number of ketones is 1. The number of rotatable bonds is 6. The molecular formula is C22H22N2O2S. The highest BCUT2D eigenvalue weighted by atomic mass is 32.1. The van der Waals surface area contributed by atoms with Crippen molar-refractivity contribution < 1.29 is 9.59 Å². The number of hydrogen-bond acceptors (Lipinski definition) is 4. The number of allylic oxidation sites excluding steroid dienone is 2. The van der Waals surface area contributed by atoms with E-state index in [1.807, 2.05) is 73.8 Å². The summed E-state index contributed by atoms with van der Waals surface area (Å²) in [5.41, 5.74) is 2.40. The van der Waals surface area contributed by atoms with Crippen LogP contribution >= 0.6 is 11.3 Å². The van der Waals surface area contributed by atoms with Crippen LogP contribution in [0.1, 0.15) is 22.2 Å². The summed E-state index contributed by atoms with van der Waals surface area (Å²) in [6, 6.07) is 15.7. The summed E-state index contributed by atoms with van der Waals surface area (Å²) < 4.78 is 0. The van der Waals surface area contributed by atoms with Crippen molar-refractivity contribution in [3.8, 4) is 0 Å². The first-order valence-corrected chi connectivity index (χ1v) is 9.57. The van der Waals surface area contributed by atoms with Crippen LogP contribution in [0.15, 0.2) is 65.7 Å². The molecule has 0 saturated carbocycles.